The molecule has 6 nitrogen and oxygen atoms in total. The molecule has 2 N–H and O–H groups in total. The molecule has 0 spiro atoms. The Morgan fingerprint density at radius 2 is 1.86 bits per heavy atom. The second-order valence-electron chi connectivity index (χ2n) is 9.58. The molecular weight excluding hydrogens is 480 g/mol. The average Bonchev–Trinajstić information content (AvgIpc) is 3.21. The number of rotatable bonds is 9. The highest BCUT2D eigenvalue weighted by Gasteiger charge is 2.19. The van der Waals surface area contributed by atoms with Gasteiger partial charge in [-0.3, -0.25) is 0 Å². The lowest BCUT2D eigenvalue weighted by Crippen LogP contribution is -2.17. The van der Waals surface area contributed by atoms with Crippen molar-refractivity contribution < 1.29 is 13.5 Å². The summed E-state index contributed by atoms with van der Waals surface area (Å²) in [4.78, 5) is 4.81. The molecule has 0 radical (unpaired) electrons. The summed E-state index contributed by atoms with van der Waals surface area (Å²) in [6.45, 7) is 0.921. The molecule has 4 rings (SSSR count). The fourth-order valence-corrected chi connectivity index (χ4v) is 4.55. The molecule has 0 fully saturated rings. The number of nitrogens with zero attached hydrogens (tertiary/aromatic N) is 4. The summed E-state index contributed by atoms with van der Waals surface area (Å²) in [5, 5.41) is 13.9. The van der Waals surface area contributed by atoms with E-state index >= 15 is 0 Å². The normalized spacial score (nSPS) is 13.0. The van der Waals surface area contributed by atoms with Gasteiger partial charge in [-0.1, -0.05) is 12.1 Å². The van der Waals surface area contributed by atoms with Crippen LogP contribution in [0.1, 0.15) is 22.9 Å². The zero-order valence-corrected chi connectivity index (χ0v) is 21.4. The van der Waals surface area contributed by atoms with E-state index in [0.29, 0.717) is 28.9 Å². The van der Waals surface area contributed by atoms with Gasteiger partial charge in [0.15, 0.2) is 0 Å². The molecular formula is C27H29F2N5OS. The van der Waals surface area contributed by atoms with E-state index in [1.54, 1.807) is 29.1 Å². The standard InChI is InChI=1S/C27H29F2N5OS/c1-36(2,3)8-7-35-17-34-26-14-23(20-6-4-5-18(9-20)15-30)27(33-25(26)16-32-34)24(31)12-19-10-21(28)13-22(29)11-19/h4-6,9-11,13-14,16,24H,7-8,12,17,31H2,1-3H3/t24-/m0/s1. The van der Waals surface area contributed by atoms with Crippen molar-refractivity contribution >= 4 is 21.1 Å². The number of nitriles is 1. The third kappa shape index (κ3) is 6.26. The Labute approximate surface area is 211 Å². The maximum Gasteiger partial charge on any atom is 0.140 e. The van der Waals surface area contributed by atoms with Crippen molar-refractivity contribution in [1.82, 2.24) is 14.8 Å². The third-order valence-electron chi connectivity index (χ3n) is 5.74. The Morgan fingerprint density at radius 1 is 1.11 bits per heavy atom. The van der Waals surface area contributed by atoms with Crippen LogP contribution in [-0.2, 0) is 17.9 Å². The van der Waals surface area contributed by atoms with Crippen LogP contribution in [0, 0.1) is 23.0 Å². The van der Waals surface area contributed by atoms with Crippen LogP contribution in [0.15, 0.2) is 54.7 Å². The van der Waals surface area contributed by atoms with Crippen molar-refractivity contribution in [2.24, 2.45) is 5.73 Å². The fourth-order valence-electron chi connectivity index (χ4n) is 3.93. The largest absolute Gasteiger partial charge is 0.358 e. The quantitative estimate of drug-likeness (QED) is 0.315. The van der Waals surface area contributed by atoms with E-state index < -0.39 is 27.7 Å². The second kappa shape index (κ2) is 10.7. The lowest BCUT2D eigenvalue weighted by Gasteiger charge is -2.24. The Hall–Kier alpha value is -3.32. The fraction of sp³-hybridized carbons (Fsp3) is 0.296. The SMILES string of the molecule is CS(C)(C)CCOCn1ncc2nc([C@@H](N)Cc3cc(F)cc(F)c3)c(-c3cccc(C#N)c3)cc21. The molecule has 4 aromatic rings. The number of aromatic nitrogens is 3. The molecule has 0 amide bonds. The Morgan fingerprint density at radius 3 is 2.56 bits per heavy atom. The van der Waals surface area contributed by atoms with Crippen molar-refractivity contribution in [3.8, 4) is 17.2 Å². The van der Waals surface area contributed by atoms with Gasteiger partial charge in [0.1, 0.15) is 23.9 Å². The monoisotopic (exact) mass is 509 g/mol. The predicted octanol–water partition coefficient (Wildman–Crippen LogP) is 5.16. The van der Waals surface area contributed by atoms with Gasteiger partial charge < -0.3 is 10.5 Å². The van der Waals surface area contributed by atoms with Crippen LogP contribution in [0.25, 0.3) is 22.2 Å². The number of benzene rings is 2. The maximum absolute atomic E-state index is 13.8. The zero-order chi connectivity index (χ0) is 25.9. The molecule has 36 heavy (non-hydrogen) atoms. The van der Waals surface area contributed by atoms with Crippen LogP contribution in [-0.4, -0.2) is 45.9 Å². The summed E-state index contributed by atoms with van der Waals surface area (Å²) < 4.78 is 35.2. The number of fused-ring (bicyclic) bond motifs is 1. The van der Waals surface area contributed by atoms with E-state index in [1.165, 1.54) is 12.1 Å². The highest BCUT2D eigenvalue weighted by molar-refractivity contribution is 8.32. The summed E-state index contributed by atoms with van der Waals surface area (Å²) in [5.74, 6) is -0.315. The van der Waals surface area contributed by atoms with Crippen molar-refractivity contribution in [2.45, 2.75) is 19.2 Å². The number of nitrogens with two attached hydrogens (primary N) is 1. The van der Waals surface area contributed by atoms with Gasteiger partial charge in [0.2, 0.25) is 0 Å². The molecule has 0 saturated heterocycles. The van der Waals surface area contributed by atoms with E-state index in [0.717, 1.165) is 28.5 Å². The van der Waals surface area contributed by atoms with Gasteiger partial charge >= 0.3 is 0 Å². The number of halogens is 2. The summed E-state index contributed by atoms with van der Waals surface area (Å²) in [6, 6.07) is 14.0. The molecule has 188 valence electrons. The van der Waals surface area contributed by atoms with Crippen LogP contribution in [0.2, 0.25) is 0 Å². The van der Waals surface area contributed by atoms with Crippen molar-refractivity contribution in [3.63, 3.8) is 0 Å². The van der Waals surface area contributed by atoms with Gasteiger partial charge in [-0.05, 0) is 66.6 Å². The summed E-state index contributed by atoms with van der Waals surface area (Å²) in [6.07, 6.45) is 8.57. The van der Waals surface area contributed by atoms with Crippen LogP contribution >= 0.6 is 10.0 Å². The maximum atomic E-state index is 13.8. The second-order valence-corrected chi connectivity index (χ2v) is 14.2. The van der Waals surface area contributed by atoms with Crippen molar-refractivity contribution in [3.05, 3.63) is 83.2 Å². The lowest BCUT2D eigenvalue weighted by atomic mass is 9.95. The van der Waals surface area contributed by atoms with Gasteiger partial charge in [0, 0.05) is 17.4 Å². The van der Waals surface area contributed by atoms with E-state index in [2.05, 4.69) is 29.9 Å². The zero-order valence-electron chi connectivity index (χ0n) is 20.5. The Balaban J connectivity index is 1.72. The minimum atomic E-state index is -0.658. The molecule has 1 atom stereocenters. The van der Waals surface area contributed by atoms with Crippen LogP contribution < -0.4 is 5.73 Å². The molecule has 0 unspecified atom stereocenters. The highest BCUT2D eigenvalue weighted by Crippen LogP contribution is 2.34. The smallest absolute Gasteiger partial charge is 0.140 e. The first kappa shape index (κ1) is 25.8. The number of ether oxygens (including phenoxy) is 1. The topological polar surface area (TPSA) is 89.8 Å². The average molecular weight is 510 g/mol. The first-order valence-corrected chi connectivity index (χ1v) is 14.5. The molecule has 2 aromatic carbocycles. The van der Waals surface area contributed by atoms with E-state index in [4.69, 9.17) is 15.5 Å². The minimum absolute atomic E-state index is 0.185. The van der Waals surface area contributed by atoms with Crippen molar-refractivity contribution in [2.75, 3.05) is 31.1 Å². The van der Waals surface area contributed by atoms with E-state index in [-0.39, 0.29) is 13.2 Å². The number of pyridine rings is 1. The molecule has 0 saturated carbocycles. The molecule has 0 aliphatic rings. The van der Waals surface area contributed by atoms with E-state index in [1.807, 2.05) is 12.1 Å². The lowest BCUT2D eigenvalue weighted by molar-refractivity contribution is 0.0841. The third-order valence-corrected chi connectivity index (χ3v) is 7.13. The molecule has 2 heterocycles. The summed E-state index contributed by atoms with van der Waals surface area (Å²) >= 11 is 0. The Kier molecular flexibility index (Phi) is 7.69. The van der Waals surface area contributed by atoms with Crippen LogP contribution in [0.4, 0.5) is 8.78 Å². The number of hydrogen-bond acceptors (Lipinski definition) is 5. The van der Waals surface area contributed by atoms with Gasteiger partial charge in [0.25, 0.3) is 0 Å². The van der Waals surface area contributed by atoms with Crippen LogP contribution in [0.3, 0.4) is 0 Å². The van der Waals surface area contributed by atoms with E-state index in [9.17, 15) is 14.0 Å². The van der Waals surface area contributed by atoms with Gasteiger partial charge in [0.05, 0.1) is 41.7 Å². The summed E-state index contributed by atoms with van der Waals surface area (Å²) in [5.41, 5.74) is 10.9. The first-order valence-electron chi connectivity index (χ1n) is 11.4. The molecule has 2 aromatic heterocycles. The predicted molar refractivity (Wildman–Crippen MR) is 141 cm³/mol. The minimum Gasteiger partial charge on any atom is -0.358 e. The summed E-state index contributed by atoms with van der Waals surface area (Å²) in [7, 11) is -0.658. The molecule has 0 bridgehead atoms. The number of hydrogen-bond donors (Lipinski definition) is 1. The highest BCUT2D eigenvalue weighted by atomic mass is 32.3. The Bertz CT molecular complexity index is 1400. The van der Waals surface area contributed by atoms with Gasteiger partial charge in [-0.2, -0.15) is 10.4 Å². The first-order chi connectivity index (χ1) is 17.1. The van der Waals surface area contributed by atoms with Crippen LogP contribution in [0.5, 0.6) is 0 Å². The van der Waals surface area contributed by atoms with Gasteiger partial charge in [-0.15, -0.1) is 0 Å². The van der Waals surface area contributed by atoms with Gasteiger partial charge in [-0.25, -0.2) is 28.5 Å². The molecule has 9 heteroatoms. The molecule has 0 aliphatic carbocycles. The molecule has 0 aliphatic heterocycles. The van der Waals surface area contributed by atoms with Crippen molar-refractivity contribution in [1.29, 1.82) is 5.26 Å².